The van der Waals surface area contributed by atoms with E-state index in [1.54, 1.807) is 0 Å². The summed E-state index contributed by atoms with van der Waals surface area (Å²) < 4.78 is 28.6. The largest absolute Gasteiger partial charge is 0.488 e. The molecule has 0 radical (unpaired) electrons. The van der Waals surface area contributed by atoms with E-state index in [4.69, 9.17) is 9.88 Å². The summed E-state index contributed by atoms with van der Waals surface area (Å²) in [5.74, 6) is 0.698. The topological polar surface area (TPSA) is 69.4 Å². The van der Waals surface area contributed by atoms with Gasteiger partial charge in [-0.1, -0.05) is 29.8 Å². The van der Waals surface area contributed by atoms with Gasteiger partial charge in [-0.2, -0.15) is 0 Å². The molecule has 0 fully saturated rings. The van der Waals surface area contributed by atoms with Crippen molar-refractivity contribution in [3.8, 4) is 5.75 Å². The zero-order valence-electron chi connectivity index (χ0n) is 12.4. The van der Waals surface area contributed by atoms with Crippen molar-refractivity contribution in [1.82, 2.24) is 0 Å². The van der Waals surface area contributed by atoms with Gasteiger partial charge in [0.15, 0.2) is 0 Å². The lowest BCUT2D eigenvalue weighted by atomic mass is 10.1. The molecular formula is C16H19NO3S. The van der Waals surface area contributed by atoms with Crippen molar-refractivity contribution >= 4 is 10.0 Å². The second kappa shape index (κ2) is 5.87. The van der Waals surface area contributed by atoms with Gasteiger partial charge in [0.05, 0.1) is 4.90 Å². The highest BCUT2D eigenvalue weighted by Gasteiger charge is 2.13. The zero-order chi connectivity index (χ0) is 15.6. The first kappa shape index (κ1) is 15.5. The minimum Gasteiger partial charge on any atom is -0.488 e. The molecule has 0 saturated heterocycles. The Hall–Kier alpha value is -1.85. The fourth-order valence-electron chi connectivity index (χ4n) is 2.26. The SMILES string of the molecule is Cc1cccc(COc2c(C)cc(S(N)(=O)=O)cc2C)c1. The van der Waals surface area contributed by atoms with Gasteiger partial charge in [0.25, 0.3) is 0 Å². The van der Waals surface area contributed by atoms with E-state index in [1.165, 1.54) is 17.7 Å². The van der Waals surface area contributed by atoms with E-state index in [1.807, 2.05) is 39.0 Å². The second-order valence-corrected chi connectivity index (χ2v) is 6.77. The van der Waals surface area contributed by atoms with Gasteiger partial charge in [0.1, 0.15) is 12.4 Å². The molecule has 5 heteroatoms. The Morgan fingerprint density at radius 2 is 1.67 bits per heavy atom. The van der Waals surface area contributed by atoms with Crippen LogP contribution >= 0.6 is 0 Å². The zero-order valence-corrected chi connectivity index (χ0v) is 13.2. The predicted octanol–water partition coefficient (Wildman–Crippen LogP) is 2.84. The molecule has 2 aromatic rings. The molecule has 21 heavy (non-hydrogen) atoms. The highest BCUT2D eigenvalue weighted by atomic mass is 32.2. The maximum Gasteiger partial charge on any atom is 0.238 e. The Morgan fingerprint density at radius 1 is 1.05 bits per heavy atom. The number of sulfonamides is 1. The molecule has 4 nitrogen and oxygen atoms in total. The molecule has 0 heterocycles. The minimum absolute atomic E-state index is 0.111. The molecule has 2 rings (SSSR count). The molecule has 2 N–H and O–H groups in total. The number of aryl methyl sites for hydroxylation is 3. The second-order valence-electron chi connectivity index (χ2n) is 5.21. The highest BCUT2D eigenvalue weighted by Crippen LogP contribution is 2.27. The van der Waals surface area contributed by atoms with Crippen LogP contribution in [-0.4, -0.2) is 8.42 Å². The molecule has 0 spiro atoms. The van der Waals surface area contributed by atoms with Crippen LogP contribution in [0.25, 0.3) is 0 Å². The van der Waals surface area contributed by atoms with Crippen molar-refractivity contribution in [3.05, 3.63) is 58.7 Å². The normalized spacial score (nSPS) is 11.4. The summed E-state index contributed by atoms with van der Waals surface area (Å²) in [6.07, 6.45) is 0. The maximum absolute atomic E-state index is 11.4. The Morgan fingerprint density at radius 3 is 2.19 bits per heavy atom. The summed E-state index contributed by atoms with van der Waals surface area (Å²) in [6, 6.07) is 11.1. The number of rotatable bonds is 4. The molecule has 0 unspecified atom stereocenters. The highest BCUT2D eigenvalue weighted by molar-refractivity contribution is 7.89. The molecule has 0 atom stereocenters. The monoisotopic (exact) mass is 305 g/mol. The van der Waals surface area contributed by atoms with Gasteiger partial charge in [-0.15, -0.1) is 0 Å². The average Bonchev–Trinajstić information content (AvgIpc) is 2.36. The lowest BCUT2D eigenvalue weighted by Crippen LogP contribution is -2.13. The molecule has 112 valence electrons. The van der Waals surface area contributed by atoms with Crippen molar-refractivity contribution in [2.75, 3.05) is 0 Å². The van der Waals surface area contributed by atoms with E-state index in [9.17, 15) is 8.42 Å². The van der Waals surface area contributed by atoms with Crippen molar-refractivity contribution in [3.63, 3.8) is 0 Å². The molecule has 0 aliphatic rings. The number of nitrogens with two attached hydrogens (primary N) is 1. The molecule has 0 aliphatic heterocycles. The number of benzene rings is 2. The predicted molar refractivity (Wildman–Crippen MR) is 82.8 cm³/mol. The van der Waals surface area contributed by atoms with Gasteiger partial charge in [-0.05, 0) is 49.6 Å². The van der Waals surface area contributed by atoms with E-state index in [0.717, 1.165) is 16.7 Å². The number of ether oxygens (including phenoxy) is 1. The van der Waals surface area contributed by atoms with Crippen LogP contribution in [0.3, 0.4) is 0 Å². The first-order chi connectivity index (χ1) is 9.77. The van der Waals surface area contributed by atoms with Crippen molar-refractivity contribution in [2.45, 2.75) is 32.3 Å². The van der Waals surface area contributed by atoms with E-state index in [0.29, 0.717) is 12.4 Å². The summed E-state index contributed by atoms with van der Waals surface area (Å²) >= 11 is 0. The summed E-state index contributed by atoms with van der Waals surface area (Å²) in [4.78, 5) is 0.111. The fourth-order valence-corrected chi connectivity index (χ4v) is 2.94. The first-order valence-electron chi connectivity index (χ1n) is 6.60. The van der Waals surface area contributed by atoms with Gasteiger partial charge >= 0.3 is 0 Å². The van der Waals surface area contributed by atoms with Crippen LogP contribution in [0.5, 0.6) is 5.75 Å². The minimum atomic E-state index is -3.69. The summed E-state index contributed by atoms with van der Waals surface area (Å²) in [7, 11) is -3.69. The standard InChI is InChI=1S/C16H19NO3S/c1-11-5-4-6-14(7-11)10-20-16-12(2)8-15(9-13(16)3)21(17,18)19/h4-9H,10H2,1-3H3,(H2,17,18,19). The number of hydrogen-bond donors (Lipinski definition) is 1. The summed E-state index contributed by atoms with van der Waals surface area (Å²) in [5.41, 5.74) is 3.76. The third-order valence-electron chi connectivity index (χ3n) is 3.23. The summed E-state index contributed by atoms with van der Waals surface area (Å²) in [5, 5.41) is 5.16. The van der Waals surface area contributed by atoms with Crippen LogP contribution in [0.2, 0.25) is 0 Å². The van der Waals surface area contributed by atoms with Crippen LogP contribution in [-0.2, 0) is 16.6 Å². The van der Waals surface area contributed by atoms with Crippen molar-refractivity contribution in [1.29, 1.82) is 0 Å². The van der Waals surface area contributed by atoms with Gasteiger partial charge in [-0.3, -0.25) is 0 Å². The van der Waals surface area contributed by atoms with Crippen molar-refractivity contribution < 1.29 is 13.2 Å². The van der Waals surface area contributed by atoms with Crippen LogP contribution in [0.4, 0.5) is 0 Å². The van der Waals surface area contributed by atoms with E-state index in [-0.39, 0.29) is 4.90 Å². The van der Waals surface area contributed by atoms with Gasteiger partial charge in [0, 0.05) is 0 Å². The molecular weight excluding hydrogens is 286 g/mol. The smallest absolute Gasteiger partial charge is 0.238 e. The Bertz CT molecular complexity index is 744. The maximum atomic E-state index is 11.4. The first-order valence-corrected chi connectivity index (χ1v) is 8.14. The fraction of sp³-hybridized carbons (Fsp3) is 0.250. The van der Waals surface area contributed by atoms with Gasteiger partial charge in [0.2, 0.25) is 10.0 Å². The average molecular weight is 305 g/mol. The Balaban J connectivity index is 2.25. The van der Waals surface area contributed by atoms with Crippen molar-refractivity contribution in [2.24, 2.45) is 5.14 Å². The quantitative estimate of drug-likeness (QED) is 0.944. The van der Waals surface area contributed by atoms with E-state index < -0.39 is 10.0 Å². The van der Waals surface area contributed by atoms with Crippen LogP contribution in [0.15, 0.2) is 41.3 Å². The van der Waals surface area contributed by atoms with E-state index in [2.05, 4.69) is 6.07 Å². The Kier molecular flexibility index (Phi) is 4.34. The lowest BCUT2D eigenvalue weighted by Gasteiger charge is -2.14. The van der Waals surface area contributed by atoms with E-state index >= 15 is 0 Å². The number of hydrogen-bond acceptors (Lipinski definition) is 3. The molecule has 0 amide bonds. The number of primary sulfonamides is 1. The molecule has 0 saturated carbocycles. The molecule has 0 aliphatic carbocycles. The van der Waals surface area contributed by atoms with Crippen LogP contribution in [0.1, 0.15) is 22.3 Å². The third kappa shape index (κ3) is 3.83. The van der Waals surface area contributed by atoms with Gasteiger partial charge in [-0.25, -0.2) is 13.6 Å². The van der Waals surface area contributed by atoms with Crippen LogP contribution in [0, 0.1) is 20.8 Å². The lowest BCUT2D eigenvalue weighted by molar-refractivity contribution is 0.301. The summed E-state index contributed by atoms with van der Waals surface area (Å²) in [6.45, 7) is 6.10. The molecule has 0 aromatic heterocycles. The molecule has 2 aromatic carbocycles. The Labute approximate surface area is 125 Å². The third-order valence-corrected chi connectivity index (χ3v) is 4.12. The van der Waals surface area contributed by atoms with Crippen LogP contribution < -0.4 is 9.88 Å². The molecule has 0 bridgehead atoms. The van der Waals surface area contributed by atoms with Gasteiger partial charge < -0.3 is 4.74 Å².